The summed E-state index contributed by atoms with van der Waals surface area (Å²) in [5, 5.41) is 0. The Labute approximate surface area is 277 Å². The Morgan fingerprint density at radius 1 is 0.378 bits per heavy atom. The lowest BCUT2D eigenvalue weighted by Crippen LogP contribution is -1.97. The second kappa shape index (κ2) is 23.6. The molecule has 2 nitrogen and oxygen atoms in total. The fourth-order valence-electron chi connectivity index (χ4n) is 6.20. The minimum absolute atomic E-state index is 0.812. The summed E-state index contributed by atoms with van der Waals surface area (Å²) in [6.07, 6.45) is 27.0. The Bertz CT molecular complexity index is 1130. The minimum atomic E-state index is 0.812. The van der Waals surface area contributed by atoms with Crippen molar-refractivity contribution in [3.05, 3.63) is 72.3 Å². The maximum atomic E-state index is 6.04. The molecule has 0 spiro atoms. The fourth-order valence-corrected chi connectivity index (χ4v) is 6.20. The highest BCUT2D eigenvalue weighted by Crippen LogP contribution is 2.30. The molecule has 0 aromatic heterocycles. The van der Waals surface area contributed by atoms with Gasteiger partial charge in [0, 0.05) is 0 Å². The van der Waals surface area contributed by atoms with Crippen molar-refractivity contribution in [2.75, 3.05) is 13.2 Å². The predicted molar refractivity (Wildman–Crippen MR) is 197 cm³/mol. The second-order valence-electron chi connectivity index (χ2n) is 13.1. The summed E-state index contributed by atoms with van der Waals surface area (Å²) in [6.45, 7) is 8.40. The first-order valence-corrected chi connectivity index (χ1v) is 18.8. The van der Waals surface area contributed by atoms with Crippen LogP contribution in [-0.2, 0) is 0 Å². The van der Waals surface area contributed by atoms with E-state index in [1.165, 1.54) is 143 Å². The number of ether oxygens (including phenoxy) is 2. The van der Waals surface area contributed by atoms with E-state index in [1.807, 2.05) is 0 Å². The van der Waals surface area contributed by atoms with Crippen molar-refractivity contribution >= 4 is 0 Å². The second-order valence-corrected chi connectivity index (χ2v) is 13.1. The van der Waals surface area contributed by atoms with Gasteiger partial charge in [0.25, 0.3) is 0 Å². The topological polar surface area (TPSA) is 18.5 Å². The highest BCUT2D eigenvalue weighted by molar-refractivity contribution is 5.74. The van der Waals surface area contributed by atoms with Crippen molar-refractivity contribution < 1.29 is 9.47 Å². The van der Waals surface area contributed by atoms with Crippen LogP contribution in [-0.4, -0.2) is 13.2 Å². The van der Waals surface area contributed by atoms with Gasteiger partial charge in [-0.1, -0.05) is 172 Å². The smallest absolute Gasteiger partial charge is 0.119 e. The largest absolute Gasteiger partial charge is 0.494 e. The molecular weight excluding hydrogens is 548 g/mol. The molecule has 2 heteroatoms. The molecule has 0 saturated heterocycles. The van der Waals surface area contributed by atoms with E-state index < -0.39 is 0 Å². The first-order chi connectivity index (χ1) is 22.2. The van der Waals surface area contributed by atoms with Gasteiger partial charge < -0.3 is 9.47 Å². The molecule has 0 radical (unpaired) electrons. The Morgan fingerprint density at radius 3 is 1.13 bits per heavy atom. The first kappa shape index (κ1) is 36.7. The number of aryl methyl sites for hydroxylation is 1. The van der Waals surface area contributed by atoms with Crippen LogP contribution in [0.5, 0.6) is 11.5 Å². The van der Waals surface area contributed by atoms with Crippen LogP contribution in [0.1, 0.15) is 148 Å². The van der Waals surface area contributed by atoms with E-state index in [-0.39, 0.29) is 0 Å². The lowest BCUT2D eigenvalue weighted by molar-refractivity contribution is 0.304. The van der Waals surface area contributed by atoms with Gasteiger partial charge in [-0.2, -0.15) is 0 Å². The summed E-state index contributed by atoms with van der Waals surface area (Å²) in [7, 11) is 0. The van der Waals surface area contributed by atoms with Gasteiger partial charge >= 0.3 is 0 Å². The molecule has 3 aromatic carbocycles. The molecule has 0 unspecified atom stereocenters. The lowest BCUT2D eigenvalue weighted by atomic mass is 9.96. The molecule has 0 aliphatic carbocycles. The van der Waals surface area contributed by atoms with E-state index in [4.69, 9.17) is 9.47 Å². The molecule has 0 saturated carbocycles. The number of hydrogen-bond acceptors (Lipinski definition) is 2. The van der Waals surface area contributed by atoms with Gasteiger partial charge in [-0.3, -0.25) is 0 Å². The third kappa shape index (κ3) is 15.4. The maximum absolute atomic E-state index is 6.04. The summed E-state index contributed by atoms with van der Waals surface area (Å²) in [4.78, 5) is 0. The molecule has 0 fully saturated rings. The van der Waals surface area contributed by atoms with Gasteiger partial charge in [-0.05, 0) is 71.8 Å². The van der Waals surface area contributed by atoms with E-state index in [9.17, 15) is 0 Å². The highest BCUT2D eigenvalue weighted by atomic mass is 16.5. The zero-order valence-corrected chi connectivity index (χ0v) is 29.2. The van der Waals surface area contributed by atoms with Gasteiger partial charge in [-0.15, -0.1) is 0 Å². The summed E-state index contributed by atoms with van der Waals surface area (Å²) >= 11 is 0. The monoisotopic (exact) mass is 612 g/mol. The molecule has 0 N–H and O–H groups in total. The number of rotatable bonds is 26. The molecule has 0 aliphatic rings. The number of hydrogen-bond donors (Lipinski definition) is 0. The molecular formula is C43H64O2. The van der Waals surface area contributed by atoms with Gasteiger partial charge in [0.15, 0.2) is 0 Å². The lowest BCUT2D eigenvalue weighted by Gasteiger charge is -2.12. The maximum Gasteiger partial charge on any atom is 0.119 e. The summed E-state index contributed by atoms with van der Waals surface area (Å²) < 4.78 is 12.1. The predicted octanol–water partition coefficient (Wildman–Crippen LogP) is 13.9. The molecule has 45 heavy (non-hydrogen) atoms. The minimum Gasteiger partial charge on any atom is -0.494 e. The molecule has 0 amide bonds. The van der Waals surface area contributed by atoms with Gasteiger partial charge in [0.05, 0.1) is 13.2 Å². The van der Waals surface area contributed by atoms with Gasteiger partial charge in [-0.25, -0.2) is 0 Å². The van der Waals surface area contributed by atoms with Crippen molar-refractivity contribution in [3.8, 4) is 33.8 Å². The SMILES string of the molecule is CCCCCCCCCCCCOc1ccc(-c2ccc(-c3ccc(OCCCCCCCCCCCC)cc3)c(C)c2)cc1. The van der Waals surface area contributed by atoms with Crippen LogP contribution in [0.15, 0.2) is 66.7 Å². The van der Waals surface area contributed by atoms with Crippen molar-refractivity contribution in [2.24, 2.45) is 0 Å². The average Bonchev–Trinajstić information content (AvgIpc) is 3.07. The Morgan fingerprint density at radius 2 is 0.733 bits per heavy atom. The molecule has 3 aromatic rings. The van der Waals surface area contributed by atoms with Crippen molar-refractivity contribution in [1.29, 1.82) is 0 Å². The standard InChI is InChI=1S/C43H64O2/c1-4-6-8-10-12-14-16-18-20-22-34-44-41-29-24-38(25-30-41)40-28-33-43(37(3)36-40)39-26-31-42(32-27-39)45-35-23-21-19-17-15-13-11-9-7-5-2/h24-33,36H,4-23,34-35H2,1-3H3. The highest BCUT2D eigenvalue weighted by Gasteiger charge is 2.06. The Balaban J connectivity index is 1.32. The summed E-state index contributed by atoms with van der Waals surface area (Å²) in [5.41, 5.74) is 6.27. The van der Waals surface area contributed by atoms with Crippen LogP contribution in [0, 0.1) is 6.92 Å². The van der Waals surface area contributed by atoms with Crippen LogP contribution in [0.2, 0.25) is 0 Å². The molecule has 0 atom stereocenters. The number of unbranched alkanes of at least 4 members (excludes halogenated alkanes) is 18. The van der Waals surface area contributed by atoms with Crippen LogP contribution in [0.4, 0.5) is 0 Å². The first-order valence-electron chi connectivity index (χ1n) is 18.8. The summed E-state index contributed by atoms with van der Waals surface area (Å²) in [6, 6.07) is 24.0. The third-order valence-corrected chi connectivity index (χ3v) is 9.11. The van der Waals surface area contributed by atoms with Crippen LogP contribution in [0.3, 0.4) is 0 Å². The van der Waals surface area contributed by atoms with Crippen LogP contribution in [0.25, 0.3) is 22.3 Å². The van der Waals surface area contributed by atoms with E-state index in [0.29, 0.717) is 0 Å². The molecule has 248 valence electrons. The zero-order chi connectivity index (χ0) is 31.8. The quantitative estimate of drug-likeness (QED) is 0.0840. The zero-order valence-electron chi connectivity index (χ0n) is 29.2. The molecule has 3 rings (SSSR count). The van der Waals surface area contributed by atoms with E-state index >= 15 is 0 Å². The average molecular weight is 613 g/mol. The van der Waals surface area contributed by atoms with Gasteiger partial charge in [0.1, 0.15) is 11.5 Å². The van der Waals surface area contributed by atoms with Crippen molar-refractivity contribution in [3.63, 3.8) is 0 Å². The van der Waals surface area contributed by atoms with E-state index in [1.54, 1.807) is 0 Å². The van der Waals surface area contributed by atoms with Gasteiger partial charge in [0.2, 0.25) is 0 Å². The molecule has 0 bridgehead atoms. The van der Waals surface area contributed by atoms with E-state index in [0.717, 1.165) is 37.6 Å². The molecule has 0 aliphatic heterocycles. The normalized spacial score (nSPS) is 11.2. The summed E-state index contributed by atoms with van der Waals surface area (Å²) in [5.74, 6) is 1.94. The third-order valence-electron chi connectivity index (χ3n) is 9.11. The van der Waals surface area contributed by atoms with E-state index in [2.05, 4.69) is 87.5 Å². The fraction of sp³-hybridized carbons (Fsp3) is 0.581. The van der Waals surface area contributed by atoms with Crippen LogP contribution < -0.4 is 9.47 Å². The van der Waals surface area contributed by atoms with Crippen LogP contribution >= 0.6 is 0 Å². The molecule has 0 heterocycles. The number of benzene rings is 3. The Hall–Kier alpha value is -2.74. The van der Waals surface area contributed by atoms with Crippen molar-refractivity contribution in [1.82, 2.24) is 0 Å². The van der Waals surface area contributed by atoms with Crippen molar-refractivity contribution in [2.45, 2.75) is 149 Å². The Kier molecular flexibility index (Phi) is 19.2.